The average Bonchev–Trinajstić information content (AvgIpc) is 2.03. The summed E-state index contributed by atoms with van der Waals surface area (Å²) in [5, 5.41) is 1.61. The zero-order valence-corrected chi connectivity index (χ0v) is 10.2. The van der Waals surface area contributed by atoms with Gasteiger partial charge in [0, 0.05) is 14.8 Å². The Morgan fingerprint density at radius 1 is 1.42 bits per heavy atom. The van der Waals surface area contributed by atoms with E-state index in [1.54, 1.807) is 0 Å². The number of hydrogen-bond acceptors (Lipinski definition) is 0. The highest BCUT2D eigenvalue weighted by Gasteiger charge is 1.95. The lowest BCUT2D eigenvalue weighted by molar-refractivity contribution is 1.59. The predicted octanol–water partition coefficient (Wildman–Crippen LogP) is 4.51. The molecule has 0 spiro atoms. The lowest BCUT2D eigenvalue weighted by Crippen LogP contribution is -1.75. The Morgan fingerprint density at radius 2 is 2.17 bits per heavy atom. The van der Waals surface area contributed by atoms with E-state index in [-0.39, 0.29) is 0 Å². The lowest BCUT2D eigenvalue weighted by Gasteiger charge is -1.97. The van der Waals surface area contributed by atoms with Crippen molar-refractivity contribution in [1.29, 1.82) is 0 Å². The third-order valence-electron chi connectivity index (χ3n) is 1.35. The van der Waals surface area contributed by atoms with Crippen LogP contribution in [-0.4, -0.2) is 5.33 Å². The summed E-state index contributed by atoms with van der Waals surface area (Å²) in [6.07, 6.45) is 4.07. The molecule has 0 unspecified atom stereocenters. The molecule has 0 bridgehead atoms. The minimum Gasteiger partial charge on any atom is -0.0883 e. The summed E-state index contributed by atoms with van der Waals surface area (Å²) >= 11 is 12.5. The molecule has 0 aliphatic rings. The molecule has 1 aromatic rings. The lowest BCUT2D eigenvalue weighted by atomic mass is 10.2. The first-order valence-corrected chi connectivity index (χ1v) is 5.71. The molecule has 0 aromatic heterocycles. The fourth-order valence-corrected chi connectivity index (χ4v) is 1.81. The molecule has 1 aromatic carbocycles. The molecule has 0 atom stereocenters. The van der Waals surface area contributed by atoms with Crippen LogP contribution in [0.25, 0.3) is 6.08 Å². The summed E-state index contributed by atoms with van der Waals surface area (Å²) in [7, 11) is 0. The zero-order chi connectivity index (χ0) is 8.97. The normalized spacial score (nSPS) is 10.9. The number of hydrogen-bond donors (Lipinski definition) is 0. The van der Waals surface area contributed by atoms with Crippen molar-refractivity contribution in [2.75, 3.05) is 5.33 Å². The van der Waals surface area contributed by atoms with Crippen LogP contribution in [0.5, 0.6) is 0 Å². The van der Waals surface area contributed by atoms with Gasteiger partial charge in [-0.05, 0) is 17.7 Å². The summed E-state index contributed by atoms with van der Waals surface area (Å²) in [6, 6.07) is 5.74. The maximum Gasteiger partial charge on any atom is 0.0417 e. The van der Waals surface area contributed by atoms with Gasteiger partial charge in [-0.15, -0.1) is 0 Å². The Hall–Kier alpha value is 0.210. The third kappa shape index (κ3) is 2.92. The molecule has 0 saturated carbocycles. The molecular formula is C9H7Br2Cl. The Labute approximate surface area is 93.9 Å². The van der Waals surface area contributed by atoms with E-state index in [0.717, 1.165) is 20.4 Å². The first-order chi connectivity index (χ1) is 5.74. The van der Waals surface area contributed by atoms with E-state index in [2.05, 4.69) is 31.9 Å². The average molecular weight is 310 g/mol. The second-order valence-corrected chi connectivity index (χ2v) is 4.16. The smallest absolute Gasteiger partial charge is 0.0417 e. The number of halogens is 3. The van der Waals surface area contributed by atoms with Crippen molar-refractivity contribution < 1.29 is 0 Å². The van der Waals surface area contributed by atoms with Crippen LogP contribution < -0.4 is 0 Å². The van der Waals surface area contributed by atoms with Crippen molar-refractivity contribution >= 4 is 49.5 Å². The second-order valence-electron chi connectivity index (χ2n) is 2.22. The highest BCUT2D eigenvalue weighted by molar-refractivity contribution is 9.10. The minimum atomic E-state index is 0.748. The van der Waals surface area contributed by atoms with Gasteiger partial charge in [-0.25, -0.2) is 0 Å². The topological polar surface area (TPSA) is 0 Å². The zero-order valence-electron chi connectivity index (χ0n) is 6.23. The van der Waals surface area contributed by atoms with E-state index in [9.17, 15) is 0 Å². The van der Waals surface area contributed by atoms with Crippen LogP contribution in [0.2, 0.25) is 5.02 Å². The van der Waals surface area contributed by atoms with Crippen LogP contribution in [0.1, 0.15) is 5.56 Å². The van der Waals surface area contributed by atoms with E-state index in [1.807, 2.05) is 30.4 Å². The first kappa shape index (κ1) is 10.3. The molecule has 12 heavy (non-hydrogen) atoms. The molecule has 0 N–H and O–H groups in total. The van der Waals surface area contributed by atoms with Crippen molar-refractivity contribution in [3.8, 4) is 0 Å². The molecule has 64 valence electrons. The van der Waals surface area contributed by atoms with Crippen molar-refractivity contribution in [3.05, 3.63) is 39.3 Å². The van der Waals surface area contributed by atoms with Crippen LogP contribution in [0, 0.1) is 0 Å². The Morgan fingerprint density at radius 3 is 2.75 bits per heavy atom. The highest BCUT2D eigenvalue weighted by Crippen LogP contribution is 2.22. The number of benzene rings is 1. The van der Waals surface area contributed by atoms with Gasteiger partial charge < -0.3 is 0 Å². The van der Waals surface area contributed by atoms with Crippen LogP contribution in [0.3, 0.4) is 0 Å². The number of allylic oxidation sites excluding steroid dienone is 1. The van der Waals surface area contributed by atoms with Gasteiger partial charge in [0.05, 0.1) is 0 Å². The molecule has 0 saturated heterocycles. The van der Waals surface area contributed by atoms with E-state index in [0.29, 0.717) is 0 Å². The SMILES string of the molecule is Clc1ccc(C=CCBr)c(Br)c1. The quantitative estimate of drug-likeness (QED) is 0.705. The molecule has 0 amide bonds. The van der Waals surface area contributed by atoms with Crippen LogP contribution in [0.15, 0.2) is 28.7 Å². The largest absolute Gasteiger partial charge is 0.0883 e. The predicted molar refractivity (Wildman–Crippen MR) is 62.0 cm³/mol. The molecule has 0 aliphatic carbocycles. The molecule has 1 rings (SSSR count). The second kappa shape index (κ2) is 5.05. The van der Waals surface area contributed by atoms with Crippen molar-refractivity contribution in [2.45, 2.75) is 0 Å². The maximum atomic E-state index is 5.79. The molecule has 0 fully saturated rings. The van der Waals surface area contributed by atoms with E-state index < -0.39 is 0 Å². The van der Waals surface area contributed by atoms with Gasteiger partial charge in [0.2, 0.25) is 0 Å². The van der Waals surface area contributed by atoms with Crippen molar-refractivity contribution in [2.24, 2.45) is 0 Å². The fourth-order valence-electron chi connectivity index (χ4n) is 0.808. The van der Waals surface area contributed by atoms with Gasteiger partial charge in [0.15, 0.2) is 0 Å². The van der Waals surface area contributed by atoms with Gasteiger partial charge in [-0.3, -0.25) is 0 Å². The van der Waals surface area contributed by atoms with Gasteiger partial charge in [-0.1, -0.05) is 61.7 Å². The van der Waals surface area contributed by atoms with Crippen LogP contribution >= 0.6 is 43.5 Å². The first-order valence-electron chi connectivity index (χ1n) is 3.41. The molecule has 0 nitrogen and oxygen atoms in total. The number of rotatable bonds is 2. The maximum absolute atomic E-state index is 5.79. The van der Waals surface area contributed by atoms with Crippen molar-refractivity contribution in [1.82, 2.24) is 0 Å². The molecular weight excluding hydrogens is 303 g/mol. The summed E-state index contributed by atoms with van der Waals surface area (Å²) in [6.45, 7) is 0. The molecule has 0 radical (unpaired) electrons. The van der Waals surface area contributed by atoms with E-state index in [1.165, 1.54) is 0 Å². The van der Waals surface area contributed by atoms with Gasteiger partial charge >= 0.3 is 0 Å². The third-order valence-corrected chi connectivity index (χ3v) is 2.64. The van der Waals surface area contributed by atoms with Crippen LogP contribution in [-0.2, 0) is 0 Å². The Kier molecular flexibility index (Phi) is 4.33. The van der Waals surface area contributed by atoms with Gasteiger partial charge in [0.25, 0.3) is 0 Å². The van der Waals surface area contributed by atoms with E-state index >= 15 is 0 Å². The standard InChI is InChI=1S/C9H7Br2Cl/c10-5-1-2-7-3-4-8(12)6-9(7)11/h1-4,6H,5H2. The molecule has 3 heteroatoms. The number of alkyl halides is 1. The van der Waals surface area contributed by atoms with Gasteiger partial charge in [-0.2, -0.15) is 0 Å². The van der Waals surface area contributed by atoms with Crippen molar-refractivity contribution in [3.63, 3.8) is 0 Å². The summed E-state index contributed by atoms with van der Waals surface area (Å²) in [5.74, 6) is 0. The Bertz CT molecular complexity index is 295. The fraction of sp³-hybridized carbons (Fsp3) is 0.111. The summed E-state index contributed by atoms with van der Waals surface area (Å²) in [4.78, 5) is 0. The van der Waals surface area contributed by atoms with E-state index in [4.69, 9.17) is 11.6 Å². The molecule has 0 aliphatic heterocycles. The molecule has 0 heterocycles. The summed E-state index contributed by atoms with van der Waals surface area (Å²) < 4.78 is 1.02. The summed E-state index contributed by atoms with van der Waals surface area (Å²) in [5.41, 5.74) is 1.14. The monoisotopic (exact) mass is 308 g/mol. The van der Waals surface area contributed by atoms with Gasteiger partial charge in [0.1, 0.15) is 0 Å². The van der Waals surface area contributed by atoms with Crippen LogP contribution in [0.4, 0.5) is 0 Å². The highest BCUT2D eigenvalue weighted by atomic mass is 79.9. The minimum absolute atomic E-state index is 0.748. The Balaban J connectivity index is 2.94.